The molecule has 0 nitrogen and oxygen atoms in total. The average molecular weight is 291 g/mol. The average Bonchev–Trinajstić information content (AvgIpc) is 2.44. The second-order valence-corrected chi connectivity index (χ2v) is 9.66. The van der Waals surface area contributed by atoms with Crippen molar-refractivity contribution in [2.45, 2.75) is 92.4 Å². The van der Waals surface area contributed by atoms with Crippen LogP contribution in [0.4, 0.5) is 0 Å². The van der Waals surface area contributed by atoms with E-state index in [-0.39, 0.29) is 0 Å². The molecule has 0 heteroatoms. The highest BCUT2D eigenvalue weighted by molar-refractivity contribution is 5.04. The Bertz CT molecular complexity index is 372. The van der Waals surface area contributed by atoms with Crippen LogP contribution in [0.5, 0.6) is 0 Å². The van der Waals surface area contributed by atoms with Gasteiger partial charge in [0.25, 0.3) is 0 Å². The molecule has 122 valence electrons. The molecule has 0 aromatic heterocycles. The Kier molecular flexibility index (Phi) is 4.21. The molecular weight excluding hydrogens is 252 g/mol. The first-order valence-corrected chi connectivity index (χ1v) is 9.90. The van der Waals surface area contributed by atoms with E-state index in [9.17, 15) is 0 Å². The van der Waals surface area contributed by atoms with E-state index in [1.807, 2.05) is 0 Å². The van der Waals surface area contributed by atoms with Crippen LogP contribution in [0.3, 0.4) is 0 Å². The topological polar surface area (TPSA) is 0 Å². The molecule has 7 atom stereocenters. The number of hydrogen-bond acceptors (Lipinski definition) is 0. The maximum absolute atomic E-state index is 2.69. The SMILES string of the molecule is CCC[C@@]1(C)CCC2C(CCC3CC(C)CC[C@@]32C)C1C. The van der Waals surface area contributed by atoms with Crippen molar-refractivity contribution in [2.75, 3.05) is 0 Å². The van der Waals surface area contributed by atoms with Gasteiger partial charge in [0, 0.05) is 0 Å². The zero-order valence-electron chi connectivity index (χ0n) is 15.3. The van der Waals surface area contributed by atoms with Crippen LogP contribution < -0.4 is 0 Å². The molecule has 0 aliphatic heterocycles. The standard InChI is InChI=1S/C21H38/c1-6-11-20(4)12-10-19-18(16(20)3)8-7-17-14-15(2)9-13-21(17,19)5/h15-19H,6-14H2,1-5H3/t15?,16?,17?,18?,19?,20-,21-/m0/s1. The first kappa shape index (κ1) is 15.9. The highest BCUT2D eigenvalue weighted by Gasteiger charge is 2.55. The lowest BCUT2D eigenvalue weighted by Crippen LogP contribution is -2.53. The third kappa shape index (κ3) is 2.49. The molecule has 0 amide bonds. The van der Waals surface area contributed by atoms with Gasteiger partial charge in [-0.2, -0.15) is 0 Å². The first-order chi connectivity index (χ1) is 9.90. The van der Waals surface area contributed by atoms with Gasteiger partial charge in [0.1, 0.15) is 0 Å². The minimum atomic E-state index is 0.640. The molecule has 0 aromatic rings. The Morgan fingerprint density at radius 2 is 1.71 bits per heavy atom. The Labute approximate surface area is 133 Å². The molecule has 0 bridgehead atoms. The molecular formula is C21H38. The van der Waals surface area contributed by atoms with Crippen LogP contribution in [0.1, 0.15) is 92.4 Å². The summed E-state index contributed by atoms with van der Waals surface area (Å²) in [4.78, 5) is 0. The second kappa shape index (κ2) is 5.57. The fourth-order valence-electron chi connectivity index (χ4n) is 6.95. The molecule has 3 fully saturated rings. The Hall–Kier alpha value is 0. The van der Waals surface area contributed by atoms with E-state index in [4.69, 9.17) is 0 Å². The van der Waals surface area contributed by atoms with Crippen molar-refractivity contribution >= 4 is 0 Å². The summed E-state index contributed by atoms with van der Waals surface area (Å²) in [5.74, 6) is 5.07. The molecule has 0 saturated heterocycles. The predicted molar refractivity (Wildman–Crippen MR) is 92.2 cm³/mol. The van der Waals surface area contributed by atoms with E-state index < -0.39 is 0 Å². The lowest BCUT2D eigenvalue weighted by atomic mass is 9.44. The third-order valence-electron chi connectivity index (χ3n) is 8.60. The molecule has 5 unspecified atom stereocenters. The van der Waals surface area contributed by atoms with Crippen molar-refractivity contribution in [1.29, 1.82) is 0 Å². The van der Waals surface area contributed by atoms with Gasteiger partial charge in [-0.25, -0.2) is 0 Å². The van der Waals surface area contributed by atoms with Gasteiger partial charge in [-0.1, -0.05) is 47.5 Å². The molecule has 3 aliphatic carbocycles. The number of hydrogen-bond donors (Lipinski definition) is 0. The van der Waals surface area contributed by atoms with Gasteiger partial charge in [-0.05, 0) is 85.4 Å². The van der Waals surface area contributed by atoms with E-state index in [2.05, 4.69) is 34.6 Å². The third-order valence-corrected chi connectivity index (χ3v) is 8.60. The normalized spacial score (nSPS) is 53.9. The molecule has 0 radical (unpaired) electrons. The summed E-state index contributed by atoms with van der Waals surface area (Å²) in [7, 11) is 0. The van der Waals surface area contributed by atoms with E-state index in [0.717, 1.165) is 29.6 Å². The summed E-state index contributed by atoms with van der Waals surface area (Å²) >= 11 is 0. The molecule has 0 spiro atoms. The van der Waals surface area contributed by atoms with E-state index in [1.54, 1.807) is 0 Å². The highest BCUT2D eigenvalue weighted by atomic mass is 14.6. The van der Waals surface area contributed by atoms with E-state index >= 15 is 0 Å². The van der Waals surface area contributed by atoms with Gasteiger partial charge in [0.15, 0.2) is 0 Å². The quantitative estimate of drug-likeness (QED) is 0.531. The van der Waals surface area contributed by atoms with E-state index in [1.165, 1.54) is 57.8 Å². The van der Waals surface area contributed by atoms with Crippen LogP contribution in [-0.4, -0.2) is 0 Å². The molecule has 3 saturated carbocycles. The van der Waals surface area contributed by atoms with Crippen molar-refractivity contribution in [1.82, 2.24) is 0 Å². The molecule has 0 N–H and O–H groups in total. The van der Waals surface area contributed by atoms with Crippen LogP contribution in [0.25, 0.3) is 0 Å². The van der Waals surface area contributed by atoms with Gasteiger partial charge in [-0.3, -0.25) is 0 Å². The highest BCUT2D eigenvalue weighted by Crippen LogP contribution is 2.64. The smallest absolute Gasteiger partial charge is 0.0266 e. The summed E-state index contributed by atoms with van der Waals surface area (Å²) in [6, 6.07) is 0. The maximum atomic E-state index is 2.69. The van der Waals surface area contributed by atoms with Crippen LogP contribution in [0.2, 0.25) is 0 Å². The monoisotopic (exact) mass is 290 g/mol. The summed E-state index contributed by atoms with van der Waals surface area (Å²) in [5.41, 5.74) is 1.33. The summed E-state index contributed by atoms with van der Waals surface area (Å²) in [6.45, 7) is 12.8. The van der Waals surface area contributed by atoms with Gasteiger partial charge in [-0.15, -0.1) is 0 Å². The fraction of sp³-hybridized carbons (Fsp3) is 1.00. The van der Waals surface area contributed by atoms with Crippen molar-refractivity contribution in [2.24, 2.45) is 40.4 Å². The van der Waals surface area contributed by atoms with Crippen LogP contribution in [0.15, 0.2) is 0 Å². The van der Waals surface area contributed by atoms with Gasteiger partial charge in [0.2, 0.25) is 0 Å². The molecule has 0 aromatic carbocycles. The van der Waals surface area contributed by atoms with Crippen LogP contribution in [-0.2, 0) is 0 Å². The van der Waals surface area contributed by atoms with Crippen molar-refractivity contribution < 1.29 is 0 Å². The first-order valence-electron chi connectivity index (χ1n) is 9.90. The molecule has 21 heavy (non-hydrogen) atoms. The minimum Gasteiger partial charge on any atom is -0.0654 e. The summed E-state index contributed by atoms with van der Waals surface area (Å²) < 4.78 is 0. The number of fused-ring (bicyclic) bond motifs is 3. The fourth-order valence-corrected chi connectivity index (χ4v) is 6.95. The second-order valence-electron chi connectivity index (χ2n) is 9.66. The number of rotatable bonds is 2. The van der Waals surface area contributed by atoms with Crippen molar-refractivity contribution in [3.63, 3.8) is 0 Å². The van der Waals surface area contributed by atoms with Gasteiger partial charge in [0.05, 0.1) is 0 Å². The lowest BCUT2D eigenvalue weighted by Gasteiger charge is -2.61. The largest absolute Gasteiger partial charge is 0.0654 e. The minimum absolute atomic E-state index is 0.640. The Balaban J connectivity index is 1.81. The maximum Gasteiger partial charge on any atom is -0.0266 e. The molecule has 3 aliphatic rings. The van der Waals surface area contributed by atoms with Crippen molar-refractivity contribution in [3.8, 4) is 0 Å². The lowest BCUT2D eigenvalue weighted by molar-refractivity contribution is -0.115. The van der Waals surface area contributed by atoms with Crippen LogP contribution in [0, 0.1) is 40.4 Å². The zero-order valence-corrected chi connectivity index (χ0v) is 15.3. The molecule has 0 heterocycles. The molecule has 3 rings (SSSR count). The zero-order chi connectivity index (χ0) is 15.3. The van der Waals surface area contributed by atoms with Gasteiger partial charge < -0.3 is 0 Å². The summed E-state index contributed by atoms with van der Waals surface area (Å²) in [6.07, 6.45) is 13.5. The van der Waals surface area contributed by atoms with Gasteiger partial charge >= 0.3 is 0 Å². The van der Waals surface area contributed by atoms with Crippen LogP contribution >= 0.6 is 0 Å². The van der Waals surface area contributed by atoms with Crippen molar-refractivity contribution in [3.05, 3.63) is 0 Å². The predicted octanol–water partition coefficient (Wildman–Crippen LogP) is 6.69. The van der Waals surface area contributed by atoms with E-state index in [0.29, 0.717) is 10.8 Å². The summed E-state index contributed by atoms with van der Waals surface area (Å²) in [5, 5.41) is 0. The Morgan fingerprint density at radius 3 is 2.43 bits per heavy atom. The Morgan fingerprint density at radius 1 is 0.952 bits per heavy atom.